The van der Waals surface area contributed by atoms with Gasteiger partial charge in [0.1, 0.15) is 23.4 Å². The second-order valence-electron chi connectivity index (χ2n) is 7.73. The molecular formula is C21H31N3O4S. The van der Waals surface area contributed by atoms with Crippen molar-refractivity contribution < 1.29 is 14.6 Å². The number of hydrogen-bond donors (Lipinski definition) is 2. The van der Waals surface area contributed by atoms with Gasteiger partial charge in [0.15, 0.2) is 0 Å². The van der Waals surface area contributed by atoms with Crippen LogP contribution in [-0.4, -0.2) is 51.7 Å². The Morgan fingerprint density at radius 2 is 2.10 bits per heavy atom. The van der Waals surface area contributed by atoms with Gasteiger partial charge in [-0.3, -0.25) is 14.5 Å². The lowest BCUT2D eigenvalue weighted by Crippen LogP contribution is -2.36. The van der Waals surface area contributed by atoms with E-state index in [0.29, 0.717) is 25.3 Å². The number of nitrogens with one attached hydrogen (secondary N) is 1. The summed E-state index contributed by atoms with van der Waals surface area (Å²) < 4.78 is 5.11. The molecular weight excluding hydrogens is 390 g/mol. The van der Waals surface area contributed by atoms with E-state index in [-0.39, 0.29) is 18.1 Å². The molecule has 0 saturated carbocycles. The molecule has 0 saturated heterocycles. The van der Waals surface area contributed by atoms with E-state index in [1.54, 1.807) is 11.3 Å². The SMILES string of the molecule is CCCC(=O)OC[C@@H](O)CN(CCC)Cc1nc2sc3c(c2c(=O)[nH]1)CCCC3. The highest BCUT2D eigenvalue weighted by Gasteiger charge is 2.21. The fourth-order valence-corrected chi connectivity index (χ4v) is 5.14. The van der Waals surface area contributed by atoms with E-state index >= 15 is 0 Å². The topological polar surface area (TPSA) is 95.5 Å². The third-order valence-corrected chi connectivity index (χ3v) is 6.33. The number of aliphatic hydroxyl groups is 1. The molecule has 1 atom stereocenters. The molecule has 0 fully saturated rings. The zero-order valence-electron chi connectivity index (χ0n) is 17.3. The van der Waals surface area contributed by atoms with Crippen LogP contribution in [0.2, 0.25) is 0 Å². The zero-order valence-corrected chi connectivity index (χ0v) is 18.1. The van der Waals surface area contributed by atoms with Gasteiger partial charge in [0.25, 0.3) is 5.56 Å². The standard InChI is InChI=1S/C21H31N3O4S/c1-3-7-18(26)28-13-14(25)11-24(10-4-2)12-17-22-20(27)19-15-8-5-6-9-16(15)29-21(19)23-17/h14,25H,3-13H2,1-2H3,(H,22,23,27)/t14-/m0/s1. The fraction of sp³-hybridized carbons (Fsp3) is 0.667. The normalized spacial score (nSPS) is 14.9. The lowest BCUT2D eigenvalue weighted by Gasteiger charge is -2.24. The molecule has 0 unspecified atom stereocenters. The number of thiophene rings is 1. The highest BCUT2D eigenvalue weighted by Crippen LogP contribution is 2.33. The molecule has 0 aliphatic heterocycles. The monoisotopic (exact) mass is 421 g/mol. The Hall–Kier alpha value is -1.77. The van der Waals surface area contributed by atoms with Crippen molar-refractivity contribution >= 4 is 27.5 Å². The van der Waals surface area contributed by atoms with Crippen LogP contribution in [0.5, 0.6) is 0 Å². The first-order chi connectivity index (χ1) is 14.0. The summed E-state index contributed by atoms with van der Waals surface area (Å²) in [6.07, 6.45) is 5.53. The van der Waals surface area contributed by atoms with Crippen molar-refractivity contribution in [2.24, 2.45) is 0 Å². The molecule has 0 spiro atoms. The van der Waals surface area contributed by atoms with Crippen LogP contribution >= 0.6 is 11.3 Å². The van der Waals surface area contributed by atoms with E-state index < -0.39 is 6.10 Å². The molecule has 1 aliphatic rings. The largest absolute Gasteiger partial charge is 0.463 e. The van der Waals surface area contributed by atoms with Crippen LogP contribution in [0.3, 0.4) is 0 Å². The van der Waals surface area contributed by atoms with Gasteiger partial charge in [-0.05, 0) is 50.6 Å². The fourth-order valence-electron chi connectivity index (χ4n) is 3.86. The van der Waals surface area contributed by atoms with Crippen LogP contribution in [0.4, 0.5) is 0 Å². The number of esters is 1. The second-order valence-corrected chi connectivity index (χ2v) is 8.81. The Balaban J connectivity index is 1.69. The molecule has 0 bridgehead atoms. The molecule has 0 radical (unpaired) electrons. The molecule has 7 nitrogen and oxygen atoms in total. The van der Waals surface area contributed by atoms with Crippen molar-refractivity contribution in [2.75, 3.05) is 19.7 Å². The number of nitrogens with zero attached hydrogens (tertiary/aromatic N) is 2. The number of H-pyrrole nitrogens is 1. The van der Waals surface area contributed by atoms with E-state index in [1.807, 2.05) is 11.8 Å². The van der Waals surface area contributed by atoms with Gasteiger partial charge in [0, 0.05) is 17.8 Å². The highest BCUT2D eigenvalue weighted by molar-refractivity contribution is 7.18. The number of carbonyl (C=O) groups is 1. The minimum Gasteiger partial charge on any atom is -0.463 e. The Bertz CT molecular complexity index is 892. The minimum atomic E-state index is -0.771. The summed E-state index contributed by atoms with van der Waals surface area (Å²) in [5, 5.41) is 11.0. The van der Waals surface area contributed by atoms with Gasteiger partial charge in [-0.15, -0.1) is 11.3 Å². The quantitative estimate of drug-likeness (QED) is 0.573. The number of fused-ring (bicyclic) bond motifs is 3. The summed E-state index contributed by atoms with van der Waals surface area (Å²) in [6.45, 7) is 5.52. The average Bonchev–Trinajstić information content (AvgIpc) is 3.05. The molecule has 29 heavy (non-hydrogen) atoms. The second kappa shape index (κ2) is 10.3. The van der Waals surface area contributed by atoms with Crippen LogP contribution in [0.1, 0.15) is 62.2 Å². The molecule has 1 aliphatic carbocycles. The Morgan fingerprint density at radius 3 is 2.86 bits per heavy atom. The highest BCUT2D eigenvalue weighted by atomic mass is 32.1. The number of aromatic nitrogens is 2. The number of aryl methyl sites for hydroxylation is 2. The van der Waals surface area contributed by atoms with E-state index in [2.05, 4.69) is 11.9 Å². The maximum atomic E-state index is 12.7. The van der Waals surface area contributed by atoms with Crippen molar-refractivity contribution in [1.29, 1.82) is 0 Å². The third-order valence-electron chi connectivity index (χ3n) is 5.15. The number of rotatable bonds is 10. The van der Waals surface area contributed by atoms with E-state index in [1.165, 1.54) is 16.9 Å². The summed E-state index contributed by atoms with van der Waals surface area (Å²) >= 11 is 1.64. The lowest BCUT2D eigenvalue weighted by atomic mass is 9.97. The van der Waals surface area contributed by atoms with Crippen LogP contribution in [0.15, 0.2) is 4.79 Å². The van der Waals surface area contributed by atoms with Crippen molar-refractivity contribution in [1.82, 2.24) is 14.9 Å². The average molecular weight is 422 g/mol. The van der Waals surface area contributed by atoms with Gasteiger partial charge < -0.3 is 14.8 Å². The summed E-state index contributed by atoms with van der Waals surface area (Å²) in [4.78, 5) is 36.0. The summed E-state index contributed by atoms with van der Waals surface area (Å²) in [5.74, 6) is 0.330. The van der Waals surface area contributed by atoms with E-state index in [0.717, 1.165) is 48.9 Å². The first kappa shape index (κ1) is 21.9. The van der Waals surface area contributed by atoms with Crippen molar-refractivity contribution in [2.45, 2.75) is 71.4 Å². The predicted molar refractivity (Wildman–Crippen MR) is 114 cm³/mol. The van der Waals surface area contributed by atoms with Gasteiger partial charge in [0.05, 0.1) is 11.9 Å². The van der Waals surface area contributed by atoms with Gasteiger partial charge in [-0.1, -0.05) is 13.8 Å². The molecule has 160 valence electrons. The Morgan fingerprint density at radius 1 is 1.31 bits per heavy atom. The third kappa shape index (κ3) is 5.65. The van der Waals surface area contributed by atoms with Crippen LogP contribution in [-0.2, 0) is 28.9 Å². The number of ether oxygens (including phenoxy) is 1. The van der Waals surface area contributed by atoms with Gasteiger partial charge in [0.2, 0.25) is 0 Å². The van der Waals surface area contributed by atoms with Crippen molar-refractivity contribution in [3.05, 3.63) is 26.6 Å². The zero-order chi connectivity index (χ0) is 20.8. The maximum absolute atomic E-state index is 12.7. The summed E-state index contributed by atoms with van der Waals surface area (Å²) in [5.41, 5.74) is 1.13. The first-order valence-corrected chi connectivity index (χ1v) is 11.4. The summed E-state index contributed by atoms with van der Waals surface area (Å²) in [7, 11) is 0. The molecule has 0 amide bonds. The first-order valence-electron chi connectivity index (χ1n) is 10.6. The lowest BCUT2D eigenvalue weighted by molar-refractivity contribution is -0.147. The van der Waals surface area contributed by atoms with E-state index in [9.17, 15) is 14.7 Å². The number of carbonyl (C=O) groups excluding carboxylic acids is 1. The van der Waals surface area contributed by atoms with Crippen LogP contribution in [0, 0.1) is 0 Å². The molecule has 2 aromatic rings. The van der Waals surface area contributed by atoms with Crippen molar-refractivity contribution in [3.8, 4) is 0 Å². The van der Waals surface area contributed by atoms with Gasteiger partial charge >= 0.3 is 5.97 Å². The maximum Gasteiger partial charge on any atom is 0.305 e. The van der Waals surface area contributed by atoms with Gasteiger partial charge in [-0.2, -0.15) is 0 Å². The number of hydrogen-bond acceptors (Lipinski definition) is 7. The Labute approximate surface area is 175 Å². The number of aliphatic hydroxyl groups excluding tert-OH is 1. The molecule has 8 heteroatoms. The van der Waals surface area contributed by atoms with Gasteiger partial charge in [-0.25, -0.2) is 4.98 Å². The predicted octanol–water partition coefficient (Wildman–Crippen LogP) is 2.78. The van der Waals surface area contributed by atoms with Crippen LogP contribution in [0.25, 0.3) is 10.2 Å². The van der Waals surface area contributed by atoms with Crippen LogP contribution < -0.4 is 5.56 Å². The summed E-state index contributed by atoms with van der Waals surface area (Å²) in [6, 6.07) is 0. The molecule has 3 rings (SSSR count). The minimum absolute atomic E-state index is 0.0142. The number of aromatic amines is 1. The smallest absolute Gasteiger partial charge is 0.305 e. The molecule has 0 aromatic carbocycles. The Kier molecular flexibility index (Phi) is 7.80. The molecule has 2 heterocycles. The van der Waals surface area contributed by atoms with Crippen molar-refractivity contribution in [3.63, 3.8) is 0 Å². The molecule has 2 N–H and O–H groups in total. The molecule has 2 aromatic heterocycles. The van der Waals surface area contributed by atoms with E-state index in [4.69, 9.17) is 9.72 Å².